The quantitative estimate of drug-likeness (QED) is 0.855. The summed E-state index contributed by atoms with van der Waals surface area (Å²) in [6.45, 7) is 3.93. The van der Waals surface area contributed by atoms with Gasteiger partial charge in [-0.2, -0.15) is 0 Å². The second-order valence-corrected chi connectivity index (χ2v) is 5.54. The van der Waals surface area contributed by atoms with Crippen molar-refractivity contribution in [1.82, 2.24) is 10.2 Å². The lowest BCUT2D eigenvalue weighted by atomic mass is 10.1. The van der Waals surface area contributed by atoms with Gasteiger partial charge >= 0.3 is 0 Å². The molecule has 0 fully saturated rings. The zero-order chi connectivity index (χ0) is 16.7. The van der Waals surface area contributed by atoms with Gasteiger partial charge in [-0.25, -0.2) is 0 Å². The maximum Gasteiger partial charge on any atom is 0.257 e. The largest absolute Gasteiger partial charge is 0.488 e. The first-order valence-electron chi connectivity index (χ1n) is 7.80. The van der Waals surface area contributed by atoms with Crippen LogP contribution < -0.4 is 10.1 Å². The number of rotatable bonds is 7. The van der Waals surface area contributed by atoms with Crippen LogP contribution in [0.15, 0.2) is 48.5 Å². The van der Waals surface area contributed by atoms with Crippen LogP contribution in [0.4, 0.5) is 0 Å². The van der Waals surface area contributed by atoms with E-state index in [0.29, 0.717) is 24.5 Å². The third-order valence-electron chi connectivity index (χ3n) is 3.81. The zero-order valence-corrected chi connectivity index (χ0v) is 14.0. The second-order valence-electron chi connectivity index (χ2n) is 5.54. The summed E-state index contributed by atoms with van der Waals surface area (Å²) in [6, 6.07) is 15.5. The number of amides is 1. The molecule has 0 atom stereocenters. The molecular formula is C19H24N2O2. The number of hydrogen-bond acceptors (Lipinski definition) is 3. The topological polar surface area (TPSA) is 41.6 Å². The third kappa shape index (κ3) is 4.57. The Morgan fingerprint density at radius 1 is 1.13 bits per heavy atom. The van der Waals surface area contributed by atoms with Crippen LogP contribution in [0.5, 0.6) is 5.75 Å². The van der Waals surface area contributed by atoms with Gasteiger partial charge in [0.25, 0.3) is 5.91 Å². The van der Waals surface area contributed by atoms with Crippen LogP contribution in [0.3, 0.4) is 0 Å². The summed E-state index contributed by atoms with van der Waals surface area (Å²) in [5.41, 5.74) is 2.90. The monoisotopic (exact) mass is 312 g/mol. The molecule has 1 N–H and O–H groups in total. The van der Waals surface area contributed by atoms with E-state index in [1.165, 1.54) is 5.56 Å². The maximum absolute atomic E-state index is 12.6. The lowest BCUT2D eigenvalue weighted by Gasteiger charge is -2.19. The van der Waals surface area contributed by atoms with Crippen LogP contribution in [0.25, 0.3) is 0 Å². The summed E-state index contributed by atoms with van der Waals surface area (Å²) in [6.07, 6.45) is 0. The second kappa shape index (κ2) is 8.34. The predicted molar refractivity (Wildman–Crippen MR) is 92.8 cm³/mol. The molecule has 2 aromatic rings. The van der Waals surface area contributed by atoms with Gasteiger partial charge in [-0.05, 0) is 37.2 Å². The lowest BCUT2D eigenvalue weighted by molar-refractivity contribution is 0.0792. The first kappa shape index (κ1) is 17.0. The summed E-state index contributed by atoms with van der Waals surface area (Å²) in [5, 5.41) is 3.05. The van der Waals surface area contributed by atoms with Crippen LogP contribution in [-0.2, 0) is 6.61 Å². The number of nitrogens with one attached hydrogen (secondary N) is 1. The summed E-state index contributed by atoms with van der Waals surface area (Å²) in [4.78, 5) is 14.3. The van der Waals surface area contributed by atoms with Crippen molar-refractivity contribution in [3.05, 3.63) is 65.2 Å². The van der Waals surface area contributed by atoms with Crippen molar-refractivity contribution >= 4 is 5.91 Å². The molecule has 122 valence electrons. The normalized spacial score (nSPS) is 10.4. The fourth-order valence-corrected chi connectivity index (χ4v) is 2.28. The molecule has 0 aliphatic rings. The average molecular weight is 312 g/mol. The molecule has 2 aromatic carbocycles. The molecule has 0 aromatic heterocycles. The zero-order valence-electron chi connectivity index (χ0n) is 14.0. The number of nitrogens with zero attached hydrogens (tertiary/aromatic N) is 1. The van der Waals surface area contributed by atoms with Crippen molar-refractivity contribution in [2.75, 3.05) is 27.2 Å². The summed E-state index contributed by atoms with van der Waals surface area (Å²) in [7, 11) is 3.68. The van der Waals surface area contributed by atoms with Crippen molar-refractivity contribution in [2.45, 2.75) is 13.5 Å². The fourth-order valence-electron chi connectivity index (χ4n) is 2.28. The molecule has 1 amide bonds. The van der Waals surface area contributed by atoms with Gasteiger partial charge in [0.2, 0.25) is 0 Å². The Hall–Kier alpha value is -2.33. The molecular weight excluding hydrogens is 288 g/mol. The molecule has 0 saturated heterocycles. The van der Waals surface area contributed by atoms with Crippen molar-refractivity contribution in [2.24, 2.45) is 0 Å². The van der Waals surface area contributed by atoms with E-state index in [4.69, 9.17) is 4.74 Å². The van der Waals surface area contributed by atoms with Gasteiger partial charge in [0.1, 0.15) is 12.4 Å². The van der Waals surface area contributed by atoms with Crippen molar-refractivity contribution in [1.29, 1.82) is 0 Å². The van der Waals surface area contributed by atoms with Gasteiger partial charge in [-0.15, -0.1) is 0 Å². The van der Waals surface area contributed by atoms with Crippen LogP contribution in [0, 0.1) is 6.92 Å². The van der Waals surface area contributed by atoms with E-state index < -0.39 is 0 Å². The molecule has 0 radical (unpaired) electrons. The smallest absolute Gasteiger partial charge is 0.257 e. The molecule has 0 unspecified atom stereocenters. The van der Waals surface area contributed by atoms with E-state index in [1.54, 1.807) is 11.9 Å². The molecule has 23 heavy (non-hydrogen) atoms. The number of para-hydroxylation sites is 1. The number of carbonyl (C=O) groups is 1. The third-order valence-corrected chi connectivity index (χ3v) is 3.81. The van der Waals surface area contributed by atoms with Crippen LogP contribution in [-0.4, -0.2) is 38.0 Å². The molecule has 0 saturated carbocycles. The average Bonchev–Trinajstić information content (AvgIpc) is 2.58. The van der Waals surface area contributed by atoms with E-state index in [-0.39, 0.29) is 5.91 Å². The van der Waals surface area contributed by atoms with Gasteiger partial charge in [0, 0.05) is 20.1 Å². The Labute approximate surface area is 138 Å². The summed E-state index contributed by atoms with van der Waals surface area (Å²) < 4.78 is 5.92. The van der Waals surface area contributed by atoms with Gasteiger partial charge in [0.15, 0.2) is 0 Å². The molecule has 2 rings (SSSR count). The molecule has 0 bridgehead atoms. The number of likely N-dealkylation sites (N-methyl/N-ethyl adjacent to an activating group) is 2. The van der Waals surface area contributed by atoms with E-state index in [1.807, 2.05) is 49.5 Å². The summed E-state index contributed by atoms with van der Waals surface area (Å²) >= 11 is 0. The first-order valence-corrected chi connectivity index (χ1v) is 7.80. The Morgan fingerprint density at radius 2 is 1.83 bits per heavy atom. The molecule has 0 heterocycles. The minimum Gasteiger partial charge on any atom is -0.488 e. The predicted octanol–water partition coefficient (Wildman–Crippen LogP) is 2.87. The van der Waals surface area contributed by atoms with Crippen LogP contribution >= 0.6 is 0 Å². The Morgan fingerprint density at radius 3 is 2.57 bits per heavy atom. The lowest BCUT2D eigenvalue weighted by Crippen LogP contribution is -2.33. The highest BCUT2D eigenvalue weighted by Crippen LogP contribution is 2.21. The molecule has 4 nitrogen and oxygen atoms in total. The van der Waals surface area contributed by atoms with Crippen molar-refractivity contribution in [3.8, 4) is 5.75 Å². The van der Waals surface area contributed by atoms with E-state index in [9.17, 15) is 4.79 Å². The molecule has 0 aliphatic heterocycles. The molecule has 0 aliphatic carbocycles. The number of ether oxygens (including phenoxy) is 1. The van der Waals surface area contributed by atoms with Crippen molar-refractivity contribution in [3.63, 3.8) is 0 Å². The fraction of sp³-hybridized carbons (Fsp3) is 0.316. The van der Waals surface area contributed by atoms with Gasteiger partial charge < -0.3 is 15.0 Å². The number of benzene rings is 2. The number of aryl methyl sites for hydroxylation is 1. The highest BCUT2D eigenvalue weighted by Gasteiger charge is 2.16. The molecule has 4 heteroatoms. The van der Waals surface area contributed by atoms with Gasteiger partial charge in [-0.3, -0.25) is 4.79 Å². The van der Waals surface area contributed by atoms with Gasteiger partial charge in [0.05, 0.1) is 5.56 Å². The minimum atomic E-state index is -0.0272. The Bertz CT molecular complexity index is 655. The van der Waals surface area contributed by atoms with Crippen LogP contribution in [0.1, 0.15) is 21.5 Å². The van der Waals surface area contributed by atoms with E-state index >= 15 is 0 Å². The van der Waals surface area contributed by atoms with Crippen LogP contribution in [0.2, 0.25) is 0 Å². The Balaban J connectivity index is 2.11. The first-order chi connectivity index (χ1) is 11.1. The number of hydrogen-bond donors (Lipinski definition) is 1. The van der Waals surface area contributed by atoms with E-state index in [2.05, 4.69) is 18.3 Å². The van der Waals surface area contributed by atoms with Crippen molar-refractivity contribution < 1.29 is 9.53 Å². The maximum atomic E-state index is 12.6. The summed E-state index contributed by atoms with van der Waals surface area (Å²) in [5.74, 6) is 0.595. The standard InChI is InChI=1S/C19H24N2O2/c1-15-8-4-5-9-16(15)14-23-18-11-7-6-10-17(18)19(22)21(3)13-12-20-2/h4-11,20H,12-14H2,1-3H3. The molecule has 0 spiro atoms. The van der Waals surface area contributed by atoms with E-state index in [0.717, 1.165) is 12.1 Å². The van der Waals surface area contributed by atoms with Gasteiger partial charge in [-0.1, -0.05) is 36.4 Å². The highest BCUT2D eigenvalue weighted by molar-refractivity contribution is 5.96. The SMILES string of the molecule is CNCCN(C)C(=O)c1ccccc1OCc1ccccc1C. The number of carbonyl (C=O) groups excluding carboxylic acids is 1. The highest BCUT2D eigenvalue weighted by atomic mass is 16.5. The minimum absolute atomic E-state index is 0.0272. The Kier molecular flexibility index (Phi) is 6.18.